The van der Waals surface area contributed by atoms with Gasteiger partial charge in [0.2, 0.25) is 0 Å². The second kappa shape index (κ2) is 7.23. The number of benzene rings is 2. The summed E-state index contributed by atoms with van der Waals surface area (Å²) in [6, 6.07) is 13.7. The molecule has 3 rings (SSSR count). The Balaban J connectivity index is 1.73. The highest BCUT2D eigenvalue weighted by atomic mass is 35.5. The number of hydrogen-bond donors (Lipinski definition) is 1. The molecule has 0 bridgehead atoms. The minimum Gasteiger partial charge on any atom is -0.489 e. The summed E-state index contributed by atoms with van der Waals surface area (Å²) < 4.78 is 5.87. The van der Waals surface area contributed by atoms with Crippen LogP contribution in [0.3, 0.4) is 0 Å². The average Bonchev–Trinajstić information content (AvgIpc) is 2.57. The van der Waals surface area contributed by atoms with E-state index in [0.717, 1.165) is 31.9 Å². The summed E-state index contributed by atoms with van der Waals surface area (Å²) in [6.45, 7) is 4.58. The number of piperazine rings is 1. The zero-order valence-electron chi connectivity index (χ0n) is 12.2. The van der Waals surface area contributed by atoms with E-state index in [-0.39, 0.29) is 0 Å². The van der Waals surface area contributed by atoms with Gasteiger partial charge in [0.05, 0.1) is 10.0 Å². The van der Waals surface area contributed by atoms with Gasteiger partial charge in [0, 0.05) is 43.5 Å². The molecule has 116 valence electrons. The Kier molecular flexibility index (Phi) is 5.08. The predicted octanol–water partition coefficient (Wildman–Crippen LogP) is 3.98. The van der Waals surface area contributed by atoms with Crippen LogP contribution in [0.25, 0.3) is 0 Å². The third-order valence-corrected chi connectivity index (χ3v) is 4.47. The standard InChI is InChI=1S/C17H18Cl2N2O/c18-15-6-5-14(11-16(15)19)22-12-13-3-1-2-4-17(13)21-9-7-20-8-10-21/h1-6,11,20H,7-10,12H2. The number of nitrogens with one attached hydrogen (secondary N) is 1. The molecule has 3 nitrogen and oxygen atoms in total. The molecule has 0 spiro atoms. The molecule has 0 aliphatic carbocycles. The van der Waals surface area contributed by atoms with Gasteiger partial charge in [-0.15, -0.1) is 0 Å². The Bertz CT molecular complexity index is 642. The molecule has 2 aromatic rings. The highest BCUT2D eigenvalue weighted by molar-refractivity contribution is 6.42. The third-order valence-electron chi connectivity index (χ3n) is 3.73. The van der Waals surface area contributed by atoms with Crippen molar-refractivity contribution < 1.29 is 4.74 Å². The van der Waals surface area contributed by atoms with Crippen molar-refractivity contribution in [2.45, 2.75) is 6.61 Å². The van der Waals surface area contributed by atoms with Gasteiger partial charge in [-0.2, -0.15) is 0 Å². The molecule has 2 aromatic carbocycles. The lowest BCUT2D eigenvalue weighted by Gasteiger charge is -2.31. The molecule has 1 aliphatic heterocycles. The molecule has 1 saturated heterocycles. The average molecular weight is 337 g/mol. The monoisotopic (exact) mass is 336 g/mol. The molecule has 1 N–H and O–H groups in total. The van der Waals surface area contributed by atoms with Crippen molar-refractivity contribution in [2.24, 2.45) is 0 Å². The molecule has 0 atom stereocenters. The molecule has 5 heteroatoms. The zero-order chi connectivity index (χ0) is 15.4. The van der Waals surface area contributed by atoms with Crippen LogP contribution >= 0.6 is 23.2 Å². The van der Waals surface area contributed by atoms with Gasteiger partial charge in [-0.25, -0.2) is 0 Å². The first kappa shape index (κ1) is 15.5. The molecule has 0 radical (unpaired) electrons. The van der Waals surface area contributed by atoms with Crippen LogP contribution < -0.4 is 15.0 Å². The highest BCUT2D eigenvalue weighted by Gasteiger charge is 2.14. The van der Waals surface area contributed by atoms with Gasteiger partial charge < -0.3 is 15.0 Å². The van der Waals surface area contributed by atoms with Gasteiger partial charge in [0.25, 0.3) is 0 Å². The molecule has 1 aliphatic rings. The largest absolute Gasteiger partial charge is 0.489 e. The van der Waals surface area contributed by atoms with Crippen molar-refractivity contribution in [1.29, 1.82) is 0 Å². The molecule has 22 heavy (non-hydrogen) atoms. The van der Waals surface area contributed by atoms with E-state index in [4.69, 9.17) is 27.9 Å². The first-order chi connectivity index (χ1) is 10.7. The van der Waals surface area contributed by atoms with Crippen molar-refractivity contribution in [3.63, 3.8) is 0 Å². The molecular formula is C17H18Cl2N2O. The number of anilines is 1. The van der Waals surface area contributed by atoms with E-state index >= 15 is 0 Å². The van der Waals surface area contributed by atoms with Crippen LogP contribution in [0.5, 0.6) is 5.75 Å². The van der Waals surface area contributed by atoms with Crippen LogP contribution in [0.2, 0.25) is 10.0 Å². The minimum absolute atomic E-state index is 0.509. The maximum absolute atomic E-state index is 6.02. The normalized spacial score (nSPS) is 14.9. The Hall–Kier alpha value is -1.42. The van der Waals surface area contributed by atoms with Crippen LogP contribution in [0, 0.1) is 0 Å². The highest BCUT2D eigenvalue weighted by Crippen LogP contribution is 2.28. The van der Waals surface area contributed by atoms with Gasteiger partial charge >= 0.3 is 0 Å². The lowest BCUT2D eigenvalue weighted by Crippen LogP contribution is -2.43. The fourth-order valence-corrected chi connectivity index (χ4v) is 2.86. The van der Waals surface area contributed by atoms with E-state index in [1.807, 2.05) is 12.1 Å². The molecular weight excluding hydrogens is 319 g/mol. The van der Waals surface area contributed by atoms with E-state index in [9.17, 15) is 0 Å². The van der Waals surface area contributed by atoms with Crippen LogP contribution in [0.4, 0.5) is 5.69 Å². The molecule has 0 saturated carbocycles. The second-order valence-corrected chi connectivity index (χ2v) is 6.04. The second-order valence-electron chi connectivity index (χ2n) is 5.23. The Morgan fingerprint density at radius 2 is 1.77 bits per heavy atom. The first-order valence-electron chi connectivity index (χ1n) is 7.35. The maximum atomic E-state index is 6.02. The minimum atomic E-state index is 0.509. The maximum Gasteiger partial charge on any atom is 0.121 e. The first-order valence-corrected chi connectivity index (χ1v) is 8.11. The summed E-state index contributed by atoms with van der Waals surface area (Å²) in [5, 5.41) is 4.42. The predicted molar refractivity (Wildman–Crippen MR) is 92.3 cm³/mol. The SMILES string of the molecule is Clc1ccc(OCc2ccccc2N2CCNCC2)cc1Cl. The van der Waals surface area contributed by atoms with E-state index < -0.39 is 0 Å². The fraction of sp³-hybridized carbons (Fsp3) is 0.294. The summed E-state index contributed by atoms with van der Waals surface area (Å²) in [5.74, 6) is 0.726. The van der Waals surface area contributed by atoms with Crippen molar-refractivity contribution >= 4 is 28.9 Å². The quantitative estimate of drug-likeness (QED) is 0.913. The molecule has 0 aromatic heterocycles. The summed E-state index contributed by atoms with van der Waals surface area (Å²) >= 11 is 11.9. The summed E-state index contributed by atoms with van der Waals surface area (Å²) in [5.41, 5.74) is 2.42. The van der Waals surface area contributed by atoms with Gasteiger partial charge in [-0.3, -0.25) is 0 Å². The topological polar surface area (TPSA) is 24.5 Å². The van der Waals surface area contributed by atoms with Gasteiger partial charge in [0.15, 0.2) is 0 Å². The number of hydrogen-bond acceptors (Lipinski definition) is 3. The van der Waals surface area contributed by atoms with Crippen LogP contribution in [0.15, 0.2) is 42.5 Å². The van der Waals surface area contributed by atoms with E-state index in [2.05, 4.69) is 28.4 Å². The zero-order valence-corrected chi connectivity index (χ0v) is 13.7. The van der Waals surface area contributed by atoms with Crippen LogP contribution in [0.1, 0.15) is 5.56 Å². The van der Waals surface area contributed by atoms with Gasteiger partial charge in [-0.1, -0.05) is 41.4 Å². The number of ether oxygens (including phenoxy) is 1. The van der Waals surface area contributed by atoms with Crippen LogP contribution in [-0.4, -0.2) is 26.2 Å². The number of nitrogens with zero attached hydrogens (tertiary/aromatic N) is 1. The van der Waals surface area contributed by atoms with Gasteiger partial charge in [0.1, 0.15) is 12.4 Å². The summed E-state index contributed by atoms with van der Waals surface area (Å²) in [7, 11) is 0. The smallest absolute Gasteiger partial charge is 0.121 e. The molecule has 1 fully saturated rings. The number of rotatable bonds is 4. The molecule has 0 amide bonds. The van der Waals surface area contributed by atoms with Crippen molar-refractivity contribution in [3.05, 3.63) is 58.1 Å². The Morgan fingerprint density at radius 3 is 2.55 bits per heavy atom. The lowest BCUT2D eigenvalue weighted by atomic mass is 10.1. The Morgan fingerprint density at radius 1 is 1.00 bits per heavy atom. The molecule has 0 unspecified atom stereocenters. The number of halogens is 2. The van der Waals surface area contributed by atoms with Crippen LogP contribution in [-0.2, 0) is 6.61 Å². The lowest BCUT2D eigenvalue weighted by molar-refractivity contribution is 0.306. The fourth-order valence-electron chi connectivity index (χ4n) is 2.57. The molecule has 1 heterocycles. The third kappa shape index (κ3) is 3.67. The van der Waals surface area contributed by atoms with Crippen molar-refractivity contribution in [1.82, 2.24) is 5.32 Å². The van der Waals surface area contributed by atoms with Gasteiger partial charge in [-0.05, 0) is 18.2 Å². The van der Waals surface area contributed by atoms with E-state index in [1.54, 1.807) is 12.1 Å². The Labute approximate surface area is 140 Å². The van der Waals surface area contributed by atoms with E-state index in [0.29, 0.717) is 16.7 Å². The summed E-state index contributed by atoms with van der Waals surface area (Å²) in [4.78, 5) is 2.39. The number of para-hydroxylation sites is 1. The van der Waals surface area contributed by atoms with Crippen molar-refractivity contribution in [2.75, 3.05) is 31.1 Å². The summed E-state index contributed by atoms with van der Waals surface area (Å²) in [6.07, 6.45) is 0. The van der Waals surface area contributed by atoms with Crippen molar-refractivity contribution in [3.8, 4) is 5.75 Å². The van der Waals surface area contributed by atoms with E-state index in [1.165, 1.54) is 11.3 Å².